The Morgan fingerprint density at radius 3 is 2.95 bits per heavy atom. The molecule has 0 bridgehead atoms. The molecule has 2 heterocycles. The van der Waals surface area contributed by atoms with Gasteiger partial charge in [0.1, 0.15) is 10.8 Å². The first-order valence-corrected chi connectivity index (χ1v) is 7.45. The first-order chi connectivity index (χ1) is 9.74. The highest BCUT2D eigenvalue weighted by Crippen LogP contribution is 2.23. The maximum atomic E-state index is 11.6. The molecule has 0 unspecified atom stereocenters. The molecule has 108 valence electrons. The van der Waals surface area contributed by atoms with Gasteiger partial charge in [-0.2, -0.15) is 0 Å². The minimum absolute atomic E-state index is 0.192. The van der Waals surface area contributed by atoms with Crippen LogP contribution in [-0.4, -0.2) is 31.3 Å². The number of nitrogens with one attached hydrogen (secondary N) is 2. The van der Waals surface area contributed by atoms with Crippen molar-refractivity contribution in [2.75, 3.05) is 11.9 Å². The number of rotatable bonds is 7. The SMILES string of the molecule is CCCNc1cncc(Sc2n[nH]c(=O)n2CCC)n1. The quantitative estimate of drug-likeness (QED) is 0.808. The van der Waals surface area contributed by atoms with E-state index in [2.05, 4.69) is 32.4 Å². The molecule has 0 radical (unpaired) electrons. The third-order valence-electron chi connectivity index (χ3n) is 2.53. The summed E-state index contributed by atoms with van der Waals surface area (Å²) in [5.74, 6) is 0.733. The van der Waals surface area contributed by atoms with Crippen LogP contribution in [0.15, 0.2) is 27.4 Å². The summed E-state index contributed by atoms with van der Waals surface area (Å²) in [6, 6.07) is 0. The molecule has 20 heavy (non-hydrogen) atoms. The summed E-state index contributed by atoms with van der Waals surface area (Å²) in [6.07, 6.45) is 5.24. The summed E-state index contributed by atoms with van der Waals surface area (Å²) in [5.41, 5.74) is -0.192. The molecular formula is C12H18N6OS. The molecular weight excluding hydrogens is 276 g/mol. The summed E-state index contributed by atoms with van der Waals surface area (Å²) in [4.78, 5) is 20.2. The molecule has 7 nitrogen and oxygen atoms in total. The molecule has 0 amide bonds. The van der Waals surface area contributed by atoms with Crippen LogP contribution in [0.4, 0.5) is 5.82 Å². The van der Waals surface area contributed by atoms with Gasteiger partial charge in [0.05, 0.1) is 12.4 Å². The van der Waals surface area contributed by atoms with Crippen molar-refractivity contribution in [1.29, 1.82) is 0 Å². The average Bonchev–Trinajstić information content (AvgIpc) is 2.79. The van der Waals surface area contributed by atoms with Crippen molar-refractivity contribution in [2.45, 2.75) is 43.4 Å². The van der Waals surface area contributed by atoms with Crippen LogP contribution in [0.1, 0.15) is 26.7 Å². The molecule has 0 saturated heterocycles. The average molecular weight is 294 g/mol. The number of H-pyrrole nitrogens is 1. The second-order valence-corrected chi connectivity index (χ2v) is 5.22. The van der Waals surface area contributed by atoms with Gasteiger partial charge in [0, 0.05) is 13.1 Å². The van der Waals surface area contributed by atoms with Gasteiger partial charge in [-0.1, -0.05) is 13.8 Å². The monoisotopic (exact) mass is 294 g/mol. The van der Waals surface area contributed by atoms with Gasteiger partial charge < -0.3 is 5.32 Å². The van der Waals surface area contributed by atoms with E-state index in [0.717, 1.165) is 25.2 Å². The molecule has 0 aromatic carbocycles. The fraction of sp³-hybridized carbons (Fsp3) is 0.500. The molecule has 0 aliphatic heterocycles. The fourth-order valence-electron chi connectivity index (χ4n) is 1.63. The van der Waals surface area contributed by atoms with Crippen LogP contribution in [0.5, 0.6) is 0 Å². The molecule has 0 saturated carbocycles. The molecule has 2 aromatic rings. The van der Waals surface area contributed by atoms with Crippen LogP contribution < -0.4 is 11.0 Å². The van der Waals surface area contributed by atoms with Crippen LogP contribution >= 0.6 is 11.8 Å². The van der Waals surface area contributed by atoms with Crippen molar-refractivity contribution in [3.05, 3.63) is 22.9 Å². The molecule has 0 aliphatic rings. The van der Waals surface area contributed by atoms with Crippen molar-refractivity contribution in [2.24, 2.45) is 0 Å². The Hall–Kier alpha value is -1.83. The number of anilines is 1. The van der Waals surface area contributed by atoms with E-state index in [1.54, 1.807) is 17.0 Å². The molecule has 0 atom stereocenters. The van der Waals surface area contributed by atoms with E-state index < -0.39 is 0 Å². The maximum absolute atomic E-state index is 11.6. The van der Waals surface area contributed by atoms with E-state index in [4.69, 9.17) is 0 Å². The lowest BCUT2D eigenvalue weighted by atomic mass is 10.5. The third kappa shape index (κ3) is 3.60. The number of hydrogen-bond donors (Lipinski definition) is 2. The lowest BCUT2D eigenvalue weighted by molar-refractivity contribution is 0.603. The van der Waals surface area contributed by atoms with Crippen LogP contribution in [0.2, 0.25) is 0 Å². The minimum atomic E-state index is -0.192. The van der Waals surface area contributed by atoms with Gasteiger partial charge >= 0.3 is 5.69 Å². The van der Waals surface area contributed by atoms with Crippen molar-refractivity contribution in [3.8, 4) is 0 Å². The summed E-state index contributed by atoms with van der Waals surface area (Å²) >= 11 is 1.33. The third-order valence-corrected chi connectivity index (χ3v) is 3.43. The zero-order valence-electron chi connectivity index (χ0n) is 11.6. The fourth-order valence-corrected chi connectivity index (χ4v) is 2.45. The van der Waals surface area contributed by atoms with Gasteiger partial charge in [-0.05, 0) is 24.6 Å². The number of aromatic amines is 1. The highest BCUT2D eigenvalue weighted by atomic mass is 32.2. The Labute approximate surface area is 121 Å². The Morgan fingerprint density at radius 1 is 1.35 bits per heavy atom. The Balaban J connectivity index is 2.15. The van der Waals surface area contributed by atoms with Crippen LogP contribution in [-0.2, 0) is 6.54 Å². The number of nitrogens with zero attached hydrogens (tertiary/aromatic N) is 4. The van der Waals surface area contributed by atoms with E-state index >= 15 is 0 Å². The summed E-state index contributed by atoms with van der Waals surface area (Å²) in [7, 11) is 0. The largest absolute Gasteiger partial charge is 0.369 e. The van der Waals surface area contributed by atoms with Gasteiger partial charge in [-0.25, -0.2) is 14.9 Å². The van der Waals surface area contributed by atoms with Gasteiger partial charge in [-0.3, -0.25) is 9.55 Å². The minimum Gasteiger partial charge on any atom is -0.369 e. The Morgan fingerprint density at radius 2 is 2.20 bits per heavy atom. The van der Waals surface area contributed by atoms with Crippen LogP contribution in [0.25, 0.3) is 0 Å². The zero-order valence-corrected chi connectivity index (χ0v) is 12.4. The molecule has 2 aromatic heterocycles. The first-order valence-electron chi connectivity index (χ1n) is 6.63. The van der Waals surface area contributed by atoms with E-state index in [1.165, 1.54) is 11.8 Å². The zero-order chi connectivity index (χ0) is 14.4. The van der Waals surface area contributed by atoms with Gasteiger partial charge in [0.25, 0.3) is 0 Å². The van der Waals surface area contributed by atoms with Gasteiger partial charge in [0.2, 0.25) is 0 Å². The normalized spacial score (nSPS) is 10.7. The highest BCUT2D eigenvalue weighted by molar-refractivity contribution is 7.99. The van der Waals surface area contributed by atoms with E-state index in [-0.39, 0.29) is 5.69 Å². The molecule has 0 fully saturated rings. The van der Waals surface area contributed by atoms with Crippen LogP contribution in [0, 0.1) is 0 Å². The number of aromatic nitrogens is 5. The maximum Gasteiger partial charge on any atom is 0.343 e. The number of hydrogen-bond acceptors (Lipinski definition) is 6. The Bertz CT molecular complexity index is 608. The van der Waals surface area contributed by atoms with Crippen molar-refractivity contribution in [3.63, 3.8) is 0 Å². The molecule has 2 N–H and O–H groups in total. The first kappa shape index (κ1) is 14.6. The summed E-state index contributed by atoms with van der Waals surface area (Å²) in [6.45, 7) is 5.60. The summed E-state index contributed by atoms with van der Waals surface area (Å²) in [5, 5.41) is 11.0. The second-order valence-electron chi connectivity index (χ2n) is 4.23. The van der Waals surface area contributed by atoms with Gasteiger partial charge in [0.15, 0.2) is 5.16 Å². The van der Waals surface area contributed by atoms with Crippen molar-refractivity contribution < 1.29 is 0 Å². The van der Waals surface area contributed by atoms with Crippen LogP contribution in [0.3, 0.4) is 0 Å². The predicted octanol–water partition coefficient (Wildman–Crippen LogP) is 1.74. The summed E-state index contributed by atoms with van der Waals surface area (Å²) < 4.78 is 1.61. The smallest absolute Gasteiger partial charge is 0.343 e. The van der Waals surface area contributed by atoms with Gasteiger partial charge in [-0.15, -0.1) is 5.10 Å². The van der Waals surface area contributed by atoms with E-state index in [1.807, 2.05) is 6.92 Å². The lowest BCUT2D eigenvalue weighted by Crippen LogP contribution is -2.17. The van der Waals surface area contributed by atoms with E-state index in [9.17, 15) is 4.79 Å². The highest BCUT2D eigenvalue weighted by Gasteiger charge is 2.10. The molecule has 0 aliphatic carbocycles. The van der Waals surface area contributed by atoms with Crippen molar-refractivity contribution >= 4 is 17.6 Å². The predicted molar refractivity (Wildman–Crippen MR) is 78.1 cm³/mol. The molecule has 8 heteroatoms. The lowest BCUT2D eigenvalue weighted by Gasteiger charge is -2.05. The molecule has 0 spiro atoms. The molecule has 2 rings (SSSR count). The van der Waals surface area contributed by atoms with Crippen molar-refractivity contribution in [1.82, 2.24) is 24.7 Å². The topological polar surface area (TPSA) is 88.5 Å². The second kappa shape index (κ2) is 7.09. The van der Waals surface area contributed by atoms with E-state index in [0.29, 0.717) is 16.7 Å². The Kier molecular flexibility index (Phi) is 5.16. The standard InChI is InChI=1S/C12H18N6OS/c1-3-5-14-9-7-13-8-10(15-9)20-12-17-16-11(19)18(12)6-4-2/h7-8H,3-6H2,1-2H3,(H,14,15)(H,16,19).